The maximum atomic E-state index is 12.1. The molecule has 1 atom stereocenters. The van der Waals surface area contributed by atoms with E-state index < -0.39 is 0 Å². The number of thioether (sulfide) groups is 1. The Balaban J connectivity index is 4.22. The van der Waals surface area contributed by atoms with Crippen molar-refractivity contribution in [2.45, 2.75) is 59.9 Å². The molecule has 1 unspecified atom stereocenters. The van der Waals surface area contributed by atoms with Crippen molar-refractivity contribution in [2.24, 2.45) is 5.41 Å². The van der Waals surface area contributed by atoms with Gasteiger partial charge in [0.05, 0.1) is 11.3 Å². The minimum Gasteiger partial charge on any atom is -0.305 e. The molecule has 0 radical (unpaired) electrons. The van der Waals surface area contributed by atoms with Crippen LogP contribution in [-0.4, -0.2) is 29.4 Å². The van der Waals surface area contributed by atoms with Crippen LogP contribution in [0.15, 0.2) is 0 Å². The zero-order valence-corrected chi connectivity index (χ0v) is 13.2. The van der Waals surface area contributed by atoms with Crippen LogP contribution in [0.1, 0.15) is 54.4 Å². The maximum Gasteiger partial charge on any atom is 0.162 e. The van der Waals surface area contributed by atoms with Crippen LogP contribution < -0.4 is 5.32 Å². The van der Waals surface area contributed by atoms with Gasteiger partial charge in [0.1, 0.15) is 0 Å². The van der Waals surface area contributed by atoms with Gasteiger partial charge in [-0.1, -0.05) is 34.6 Å². The number of nitrogens with one attached hydrogen (secondary N) is 1. The normalized spacial score (nSPS) is 15.6. The highest BCUT2D eigenvalue weighted by Crippen LogP contribution is 2.19. The Morgan fingerprint density at radius 2 is 1.76 bits per heavy atom. The average molecular weight is 259 g/mol. The molecule has 0 aliphatic heterocycles. The first-order chi connectivity index (χ1) is 7.75. The Morgan fingerprint density at radius 1 is 1.18 bits per heavy atom. The zero-order chi connectivity index (χ0) is 13.5. The van der Waals surface area contributed by atoms with E-state index in [-0.39, 0.29) is 5.54 Å². The molecular formula is C14H29NOS. The molecule has 0 aliphatic carbocycles. The molecule has 0 fully saturated rings. The van der Waals surface area contributed by atoms with Crippen molar-refractivity contribution >= 4 is 17.5 Å². The average Bonchev–Trinajstić information content (AvgIpc) is 2.23. The van der Waals surface area contributed by atoms with E-state index in [0.29, 0.717) is 17.0 Å². The van der Waals surface area contributed by atoms with Crippen LogP contribution in [-0.2, 0) is 4.79 Å². The van der Waals surface area contributed by atoms with Crippen LogP contribution in [0.25, 0.3) is 0 Å². The van der Waals surface area contributed by atoms with Gasteiger partial charge >= 0.3 is 0 Å². The van der Waals surface area contributed by atoms with Gasteiger partial charge in [-0.25, -0.2) is 0 Å². The molecule has 0 bridgehead atoms. The monoisotopic (exact) mass is 259 g/mol. The highest BCUT2D eigenvalue weighted by atomic mass is 32.2. The second-order valence-electron chi connectivity index (χ2n) is 5.98. The maximum absolute atomic E-state index is 12.1. The van der Waals surface area contributed by atoms with Gasteiger partial charge < -0.3 is 5.32 Å². The van der Waals surface area contributed by atoms with E-state index in [4.69, 9.17) is 0 Å². The first kappa shape index (κ1) is 17.0. The minimum absolute atomic E-state index is 0.322. The van der Waals surface area contributed by atoms with E-state index in [1.165, 1.54) is 0 Å². The first-order valence-electron chi connectivity index (χ1n) is 6.61. The third-order valence-electron chi connectivity index (χ3n) is 3.15. The molecule has 0 aromatic heterocycles. The second-order valence-corrected chi connectivity index (χ2v) is 7.26. The highest BCUT2D eigenvalue weighted by molar-refractivity contribution is 7.99. The fraction of sp³-hybridized carbons (Fsp3) is 0.929. The quantitative estimate of drug-likeness (QED) is 0.723. The van der Waals surface area contributed by atoms with Crippen molar-refractivity contribution in [3.05, 3.63) is 0 Å². The van der Waals surface area contributed by atoms with Gasteiger partial charge in [0.15, 0.2) is 5.78 Å². The Bertz CT molecular complexity index is 235. The fourth-order valence-electron chi connectivity index (χ4n) is 1.49. The number of Topliss-reactive ketones (excluding diaryl/α,β-unsaturated/α-hetero) is 1. The highest BCUT2D eigenvalue weighted by Gasteiger charge is 2.30. The summed E-state index contributed by atoms with van der Waals surface area (Å²) >= 11 is 1.71. The second kappa shape index (κ2) is 7.42. The van der Waals surface area contributed by atoms with Gasteiger partial charge in [-0.15, -0.1) is 0 Å². The topological polar surface area (TPSA) is 29.1 Å². The van der Waals surface area contributed by atoms with E-state index in [0.717, 1.165) is 25.1 Å². The molecule has 0 heterocycles. The van der Waals surface area contributed by atoms with E-state index in [1.54, 1.807) is 11.8 Å². The number of hydrogen-bond donors (Lipinski definition) is 1. The van der Waals surface area contributed by atoms with Crippen molar-refractivity contribution in [1.29, 1.82) is 0 Å². The molecule has 0 amide bonds. The molecule has 0 saturated heterocycles. The van der Waals surface area contributed by atoms with E-state index in [2.05, 4.69) is 39.9 Å². The Kier molecular flexibility index (Phi) is 7.41. The van der Waals surface area contributed by atoms with Crippen molar-refractivity contribution in [1.82, 2.24) is 5.32 Å². The van der Waals surface area contributed by atoms with Gasteiger partial charge in [-0.05, 0) is 37.5 Å². The lowest BCUT2D eigenvalue weighted by atomic mass is 9.90. The fourth-order valence-corrected chi connectivity index (χ4v) is 2.20. The van der Waals surface area contributed by atoms with Crippen LogP contribution in [0, 0.1) is 5.41 Å². The number of hydrogen-bond acceptors (Lipinski definition) is 3. The van der Waals surface area contributed by atoms with Gasteiger partial charge in [0.2, 0.25) is 0 Å². The Morgan fingerprint density at radius 3 is 2.18 bits per heavy atom. The molecule has 0 saturated carbocycles. The summed E-state index contributed by atoms with van der Waals surface area (Å²) in [6.45, 7) is 13.8. The third kappa shape index (κ3) is 7.10. The molecule has 1 N–H and O–H groups in total. The van der Waals surface area contributed by atoms with Gasteiger partial charge in [0, 0.05) is 0 Å². The van der Waals surface area contributed by atoms with Crippen LogP contribution >= 0.6 is 11.8 Å². The standard InChI is InChI=1S/C14H29NOS/c1-7-14(6,12(16)11-17-8-2)15-10-9-13(3,4)5/h15H,7-11H2,1-6H3. The molecule has 17 heavy (non-hydrogen) atoms. The first-order valence-corrected chi connectivity index (χ1v) is 7.76. The minimum atomic E-state index is -0.340. The largest absolute Gasteiger partial charge is 0.305 e. The molecular weight excluding hydrogens is 230 g/mol. The Hall–Kier alpha value is -0.0200. The smallest absolute Gasteiger partial charge is 0.162 e. The summed E-state index contributed by atoms with van der Waals surface area (Å²) in [5.74, 6) is 1.97. The molecule has 102 valence electrons. The lowest BCUT2D eigenvalue weighted by molar-refractivity contribution is -0.122. The van der Waals surface area contributed by atoms with Crippen LogP contribution in [0.3, 0.4) is 0 Å². The zero-order valence-electron chi connectivity index (χ0n) is 12.4. The van der Waals surface area contributed by atoms with Gasteiger partial charge in [-0.3, -0.25) is 4.79 Å². The summed E-state index contributed by atoms with van der Waals surface area (Å²) in [6.07, 6.45) is 1.96. The summed E-state index contributed by atoms with van der Waals surface area (Å²) in [7, 11) is 0. The number of carbonyl (C=O) groups is 1. The van der Waals surface area contributed by atoms with E-state index >= 15 is 0 Å². The predicted octanol–water partition coefficient (Wildman–Crippen LogP) is 3.50. The number of carbonyl (C=O) groups excluding carboxylic acids is 1. The lowest BCUT2D eigenvalue weighted by Crippen LogP contribution is -2.50. The SMILES string of the molecule is CCSCC(=O)C(C)(CC)NCCC(C)(C)C. The summed E-state index contributed by atoms with van der Waals surface area (Å²) in [4.78, 5) is 12.1. The van der Waals surface area contributed by atoms with Crippen molar-refractivity contribution in [3.63, 3.8) is 0 Å². The van der Waals surface area contributed by atoms with Gasteiger partial charge in [-0.2, -0.15) is 11.8 Å². The summed E-state index contributed by atoms with van der Waals surface area (Å²) in [5.41, 5.74) is -0.0176. The van der Waals surface area contributed by atoms with Gasteiger partial charge in [0.25, 0.3) is 0 Å². The molecule has 0 aromatic rings. The number of rotatable bonds is 8. The lowest BCUT2D eigenvalue weighted by Gasteiger charge is -2.30. The molecule has 3 heteroatoms. The molecule has 0 spiro atoms. The van der Waals surface area contributed by atoms with Crippen molar-refractivity contribution in [3.8, 4) is 0 Å². The predicted molar refractivity (Wildman–Crippen MR) is 78.8 cm³/mol. The Labute approximate surface area is 111 Å². The van der Waals surface area contributed by atoms with Crippen LogP contribution in [0.5, 0.6) is 0 Å². The molecule has 2 nitrogen and oxygen atoms in total. The summed E-state index contributed by atoms with van der Waals surface area (Å²) in [6, 6.07) is 0. The third-order valence-corrected chi connectivity index (χ3v) is 4.02. The molecule has 0 aliphatic rings. The van der Waals surface area contributed by atoms with E-state index in [1.807, 2.05) is 6.92 Å². The van der Waals surface area contributed by atoms with Crippen molar-refractivity contribution in [2.75, 3.05) is 18.1 Å². The summed E-state index contributed by atoms with van der Waals surface area (Å²) < 4.78 is 0. The molecule has 0 aromatic carbocycles. The van der Waals surface area contributed by atoms with Crippen LogP contribution in [0.4, 0.5) is 0 Å². The van der Waals surface area contributed by atoms with Crippen LogP contribution in [0.2, 0.25) is 0 Å². The molecule has 0 rings (SSSR count). The van der Waals surface area contributed by atoms with Crippen molar-refractivity contribution < 1.29 is 4.79 Å². The summed E-state index contributed by atoms with van der Waals surface area (Å²) in [5, 5.41) is 3.45. The number of ketones is 1. The van der Waals surface area contributed by atoms with E-state index in [9.17, 15) is 4.79 Å².